The molecule has 1 spiro atoms. The molecular formula is C23H31N3O2. The van der Waals surface area contributed by atoms with E-state index >= 15 is 0 Å². The number of hydrogen-bond donors (Lipinski definition) is 0. The Balaban J connectivity index is 0.000000932. The Morgan fingerprint density at radius 3 is 2.61 bits per heavy atom. The van der Waals surface area contributed by atoms with Gasteiger partial charge in [-0.2, -0.15) is 4.98 Å². The quantitative estimate of drug-likeness (QED) is 0.783. The molecule has 28 heavy (non-hydrogen) atoms. The van der Waals surface area contributed by atoms with Crippen LogP contribution in [0.3, 0.4) is 0 Å². The third-order valence-corrected chi connectivity index (χ3v) is 6.30. The van der Waals surface area contributed by atoms with Gasteiger partial charge in [-0.3, -0.25) is 0 Å². The Kier molecular flexibility index (Phi) is 5.54. The van der Waals surface area contributed by atoms with Crippen molar-refractivity contribution >= 4 is 0 Å². The van der Waals surface area contributed by atoms with Gasteiger partial charge in [0, 0.05) is 56.2 Å². The summed E-state index contributed by atoms with van der Waals surface area (Å²) in [7, 11) is 1.63. The van der Waals surface area contributed by atoms with Crippen LogP contribution in [0.2, 0.25) is 0 Å². The molecular weight excluding hydrogens is 350 g/mol. The van der Waals surface area contributed by atoms with E-state index in [0.29, 0.717) is 11.7 Å². The average molecular weight is 382 g/mol. The highest BCUT2D eigenvalue weighted by atomic mass is 16.5. The molecule has 0 radical (unpaired) electrons. The van der Waals surface area contributed by atoms with E-state index in [1.807, 2.05) is 13.8 Å². The van der Waals surface area contributed by atoms with Crippen LogP contribution in [0.5, 0.6) is 11.6 Å². The largest absolute Gasteiger partial charge is 0.487 e. The highest BCUT2D eigenvalue weighted by molar-refractivity contribution is 5.60. The molecule has 2 aromatic rings. The fourth-order valence-corrected chi connectivity index (χ4v) is 4.49. The van der Waals surface area contributed by atoms with Crippen LogP contribution in [0.4, 0.5) is 0 Å². The molecule has 0 atom stereocenters. The van der Waals surface area contributed by atoms with Crippen LogP contribution in [0.15, 0.2) is 30.5 Å². The lowest BCUT2D eigenvalue weighted by atomic mass is 9.83. The summed E-state index contributed by atoms with van der Waals surface area (Å²) in [6.07, 6.45) is 9.17. The number of rotatable bonds is 3. The number of piperidine rings is 1. The van der Waals surface area contributed by atoms with Crippen LogP contribution >= 0.6 is 0 Å². The first-order valence-electron chi connectivity index (χ1n) is 10.7. The van der Waals surface area contributed by atoms with Crippen molar-refractivity contribution in [2.24, 2.45) is 0 Å². The van der Waals surface area contributed by atoms with E-state index in [0.717, 1.165) is 36.6 Å². The summed E-state index contributed by atoms with van der Waals surface area (Å²) < 4.78 is 11.7. The van der Waals surface area contributed by atoms with E-state index in [4.69, 9.17) is 9.47 Å². The number of fused-ring (bicyclic) bond motifs is 1. The van der Waals surface area contributed by atoms with Gasteiger partial charge >= 0.3 is 0 Å². The molecule has 1 aromatic heterocycles. The van der Waals surface area contributed by atoms with Crippen molar-refractivity contribution in [3.05, 3.63) is 36.0 Å². The fraction of sp³-hybridized carbons (Fsp3) is 0.565. The van der Waals surface area contributed by atoms with E-state index in [2.05, 4.69) is 33.1 Å². The van der Waals surface area contributed by atoms with Gasteiger partial charge in [-0.1, -0.05) is 20.3 Å². The van der Waals surface area contributed by atoms with Crippen molar-refractivity contribution in [2.45, 2.75) is 64.0 Å². The van der Waals surface area contributed by atoms with Crippen LogP contribution in [-0.2, 0) is 6.42 Å². The van der Waals surface area contributed by atoms with Gasteiger partial charge in [0.15, 0.2) is 5.82 Å². The Morgan fingerprint density at radius 1 is 1.14 bits per heavy atom. The minimum atomic E-state index is -0.00353. The molecule has 1 saturated heterocycles. The first-order chi connectivity index (χ1) is 13.7. The molecule has 0 amide bonds. The Labute approximate surface area is 168 Å². The molecule has 3 heterocycles. The van der Waals surface area contributed by atoms with Crippen LogP contribution in [-0.4, -0.2) is 46.7 Å². The maximum absolute atomic E-state index is 6.46. The van der Waals surface area contributed by atoms with Gasteiger partial charge in [0.2, 0.25) is 5.88 Å². The van der Waals surface area contributed by atoms with Crippen molar-refractivity contribution in [1.29, 1.82) is 0 Å². The van der Waals surface area contributed by atoms with Gasteiger partial charge in [0.25, 0.3) is 0 Å². The number of aromatic nitrogens is 2. The predicted molar refractivity (Wildman–Crippen MR) is 111 cm³/mol. The highest BCUT2D eigenvalue weighted by Gasteiger charge is 2.43. The minimum Gasteiger partial charge on any atom is -0.487 e. The Morgan fingerprint density at radius 2 is 1.93 bits per heavy atom. The zero-order valence-corrected chi connectivity index (χ0v) is 17.3. The zero-order chi connectivity index (χ0) is 19.6. The van der Waals surface area contributed by atoms with Crippen molar-refractivity contribution in [3.8, 4) is 23.0 Å². The monoisotopic (exact) mass is 381 g/mol. The number of methoxy groups -OCH3 is 1. The molecule has 0 N–H and O–H groups in total. The number of likely N-dealkylation sites (tertiary alicyclic amines) is 1. The molecule has 5 nitrogen and oxygen atoms in total. The second kappa shape index (κ2) is 8.08. The Bertz CT molecular complexity index is 811. The third-order valence-electron chi connectivity index (χ3n) is 6.30. The molecule has 2 aliphatic heterocycles. The maximum atomic E-state index is 6.46. The lowest BCUT2D eigenvalue weighted by molar-refractivity contribution is -0.00746. The van der Waals surface area contributed by atoms with Crippen molar-refractivity contribution in [1.82, 2.24) is 14.9 Å². The minimum absolute atomic E-state index is 0.00353. The van der Waals surface area contributed by atoms with E-state index in [9.17, 15) is 0 Å². The van der Waals surface area contributed by atoms with Crippen molar-refractivity contribution in [2.75, 3.05) is 20.2 Å². The number of hydrogen-bond acceptors (Lipinski definition) is 5. The van der Waals surface area contributed by atoms with Crippen molar-refractivity contribution < 1.29 is 9.47 Å². The van der Waals surface area contributed by atoms with Gasteiger partial charge in [-0.05, 0) is 36.6 Å². The van der Waals surface area contributed by atoms with E-state index in [-0.39, 0.29) is 5.60 Å². The molecule has 1 saturated carbocycles. The van der Waals surface area contributed by atoms with Crippen molar-refractivity contribution in [3.63, 3.8) is 0 Å². The molecule has 0 unspecified atom stereocenters. The van der Waals surface area contributed by atoms with Gasteiger partial charge in [0.1, 0.15) is 11.4 Å². The normalized spacial score (nSPS) is 20.5. The summed E-state index contributed by atoms with van der Waals surface area (Å²) in [5.74, 6) is 2.33. The van der Waals surface area contributed by atoms with Gasteiger partial charge in [0.05, 0.1) is 7.11 Å². The average Bonchev–Trinajstić information content (AvgIpc) is 3.07. The van der Waals surface area contributed by atoms with E-state index in [1.165, 1.54) is 37.9 Å². The smallest absolute Gasteiger partial charge is 0.216 e. The second-order valence-electron chi connectivity index (χ2n) is 7.83. The fourth-order valence-electron chi connectivity index (χ4n) is 4.49. The second-order valence-corrected chi connectivity index (χ2v) is 7.83. The molecule has 1 aliphatic carbocycles. The standard InChI is InChI=1S/C21H25N3O2.C2H6/c1-25-19-7-10-22-20(23-19)15-5-6-18-16(13-15)14-21(26-18)8-11-24(12-9-21)17-3-2-4-17;1-2/h5-7,10,13,17H,2-4,8-9,11-12,14H2,1H3;1-2H3. The summed E-state index contributed by atoms with van der Waals surface area (Å²) in [4.78, 5) is 11.5. The van der Waals surface area contributed by atoms with E-state index < -0.39 is 0 Å². The van der Waals surface area contributed by atoms with Gasteiger partial charge < -0.3 is 14.4 Å². The molecule has 1 aromatic carbocycles. The van der Waals surface area contributed by atoms with Crippen LogP contribution in [0.1, 0.15) is 51.5 Å². The lowest BCUT2D eigenvalue weighted by Crippen LogP contribution is -2.52. The molecule has 3 aliphatic rings. The summed E-state index contributed by atoms with van der Waals surface area (Å²) in [6, 6.07) is 8.94. The van der Waals surface area contributed by atoms with Crippen LogP contribution < -0.4 is 9.47 Å². The molecule has 5 rings (SSSR count). The predicted octanol–water partition coefficient (Wildman–Crippen LogP) is 4.50. The summed E-state index contributed by atoms with van der Waals surface area (Å²) in [5.41, 5.74) is 2.30. The van der Waals surface area contributed by atoms with Crippen LogP contribution in [0.25, 0.3) is 11.4 Å². The molecule has 0 bridgehead atoms. The first kappa shape index (κ1) is 19.2. The zero-order valence-electron chi connectivity index (χ0n) is 17.3. The first-order valence-corrected chi connectivity index (χ1v) is 10.7. The van der Waals surface area contributed by atoms with Gasteiger partial charge in [-0.25, -0.2) is 4.98 Å². The van der Waals surface area contributed by atoms with Crippen LogP contribution in [0, 0.1) is 0 Å². The number of benzene rings is 1. The van der Waals surface area contributed by atoms with Gasteiger partial charge in [-0.15, -0.1) is 0 Å². The lowest BCUT2D eigenvalue weighted by Gasteiger charge is -2.45. The number of ether oxygens (including phenoxy) is 2. The summed E-state index contributed by atoms with van der Waals surface area (Å²) >= 11 is 0. The maximum Gasteiger partial charge on any atom is 0.216 e. The highest BCUT2D eigenvalue weighted by Crippen LogP contribution is 2.43. The molecule has 5 heteroatoms. The Hall–Kier alpha value is -2.14. The van der Waals surface area contributed by atoms with E-state index in [1.54, 1.807) is 19.4 Å². The topological polar surface area (TPSA) is 47.5 Å². The number of nitrogens with zero attached hydrogens (tertiary/aromatic N) is 3. The third kappa shape index (κ3) is 3.60. The molecule has 2 fully saturated rings. The SMILES string of the molecule is CC.COc1ccnc(-c2ccc3c(c2)CC2(CCN(C4CCC4)CC2)O3)n1. The summed E-state index contributed by atoms with van der Waals surface area (Å²) in [6.45, 7) is 6.34. The summed E-state index contributed by atoms with van der Waals surface area (Å²) in [5, 5.41) is 0. The molecule has 150 valence electrons.